The average Bonchev–Trinajstić information content (AvgIpc) is 1.58. The molecule has 3 heterocycles. The SMILES string of the molecule is CC[C@H](C)[C@@H]([C@@H](CC(=O)N1CCC[C@H]1[C@H](OC)[C@@H](C)C(=O)N[C@@H](CC(C)C)C(=O)NS(=O)(=O)C1CC1)OC)N(C)C(=O)CNC(=O)C(C(C)C)N(C)C(=O)OCc1ccc(NC(=O)[C@H](C)NC(=O)CCCCCNc2nc3nc(n2)SC2CCCCCCCC(C2)S3)cc1. The quantitative estimate of drug-likeness (QED) is 0.0364. The molecule has 25 nitrogen and oxygen atoms in total. The van der Waals surface area contributed by atoms with Crippen molar-refractivity contribution in [3.05, 3.63) is 29.8 Å². The summed E-state index contributed by atoms with van der Waals surface area (Å²) in [5.41, 5.74) is 1.08. The molecule has 526 valence electrons. The van der Waals surface area contributed by atoms with Gasteiger partial charge in [-0.25, -0.2) is 13.2 Å². The first-order valence-electron chi connectivity index (χ1n) is 33.9. The number of hydrogen-bond acceptors (Lipinski definition) is 19. The normalized spacial score (nSPS) is 20.1. The van der Waals surface area contributed by atoms with Crippen LogP contribution in [0.5, 0.6) is 0 Å². The van der Waals surface area contributed by atoms with Crippen LogP contribution in [0.15, 0.2) is 34.6 Å². The third kappa shape index (κ3) is 23.5. The number of unbranched alkanes of at least 4 members (excludes halogenated alkanes) is 2. The second-order valence-corrected chi connectivity index (χ2v) is 31.1. The molecule has 94 heavy (non-hydrogen) atoms. The van der Waals surface area contributed by atoms with E-state index in [-0.39, 0.29) is 49.5 Å². The van der Waals surface area contributed by atoms with E-state index in [0.717, 1.165) is 23.2 Å². The number of likely N-dealkylation sites (N-methyl/N-ethyl adjacent to an activating group) is 2. The summed E-state index contributed by atoms with van der Waals surface area (Å²) in [4.78, 5) is 127. The molecular formula is C66H106N12O13S3. The number of benzene rings is 1. The summed E-state index contributed by atoms with van der Waals surface area (Å²) in [7, 11) is 2.12. The number of aromatic nitrogens is 3. The van der Waals surface area contributed by atoms with Gasteiger partial charge in [-0.2, -0.15) is 15.0 Å². The fourth-order valence-electron chi connectivity index (χ4n) is 12.6. The fourth-order valence-corrected chi connectivity index (χ4v) is 16.5. The van der Waals surface area contributed by atoms with E-state index in [1.165, 1.54) is 82.4 Å². The Morgan fingerprint density at radius 1 is 0.734 bits per heavy atom. The van der Waals surface area contributed by atoms with Gasteiger partial charge >= 0.3 is 6.09 Å². The summed E-state index contributed by atoms with van der Waals surface area (Å²) >= 11 is 3.58. The maximum Gasteiger partial charge on any atom is 0.410 e. The molecular weight excluding hydrogens is 1260 g/mol. The maximum atomic E-state index is 14.4. The highest BCUT2D eigenvalue weighted by atomic mass is 32.2. The van der Waals surface area contributed by atoms with Crippen molar-refractivity contribution in [2.75, 3.05) is 58.6 Å². The lowest BCUT2D eigenvalue weighted by Gasteiger charge is -2.39. The Bertz CT molecular complexity index is 2930. The molecule has 8 amide bonds. The van der Waals surface area contributed by atoms with Gasteiger partial charge in [-0.3, -0.25) is 43.2 Å². The van der Waals surface area contributed by atoms with E-state index in [4.69, 9.17) is 29.2 Å². The van der Waals surface area contributed by atoms with E-state index in [1.807, 2.05) is 27.7 Å². The summed E-state index contributed by atoms with van der Waals surface area (Å²) in [6.07, 6.45) is 13.0. The molecule has 6 N–H and O–H groups in total. The number of rotatable bonds is 34. The van der Waals surface area contributed by atoms with Crippen LogP contribution in [0.1, 0.15) is 183 Å². The highest BCUT2D eigenvalue weighted by molar-refractivity contribution is 8.01. The molecule has 2 aliphatic heterocycles. The Hall–Kier alpha value is -5.84. The Morgan fingerprint density at radius 2 is 1.38 bits per heavy atom. The Kier molecular flexibility index (Phi) is 30.9. The lowest BCUT2D eigenvalue weighted by molar-refractivity contribution is -0.146. The topological polar surface area (TPSA) is 319 Å². The van der Waals surface area contributed by atoms with Crippen LogP contribution in [-0.2, 0) is 64.4 Å². The molecule has 4 aliphatic rings. The Balaban J connectivity index is 0.916. The van der Waals surface area contributed by atoms with E-state index < -0.39 is 112 Å². The van der Waals surface area contributed by atoms with Gasteiger partial charge in [-0.05, 0) is 107 Å². The van der Waals surface area contributed by atoms with Gasteiger partial charge < -0.3 is 50.6 Å². The van der Waals surface area contributed by atoms with Crippen molar-refractivity contribution in [3.8, 4) is 0 Å². The summed E-state index contributed by atoms with van der Waals surface area (Å²) < 4.78 is 45.0. The van der Waals surface area contributed by atoms with E-state index in [2.05, 4.69) is 31.3 Å². The second kappa shape index (κ2) is 37.6. The predicted octanol–water partition coefficient (Wildman–Crippen LogP) is 7.83. The molecule has 3 unspecified atom stereocenters. The lowest BCUT2D eigenvalue weighted by atomic mass is 9.90. The number of carbonyl (C=O) groups excluding carboxylic acids is 8. The predicted molar refractivity (Wildman–Crippen MR) is 363 cm³/mol. The van der Waals surface area contributed by atoms with E-state index in [1.54, 1.807) is 87.4 Å². The van der Waals surface area contributed by atoms with Gasteiger partial charge in [0, 0.05) is 64.0 Å². The summed E-state index contributed by atoms with van der Waals surface area (Å²) in [6, 6.07) is 2.61. The van der Waals surface area contributed by atoms with Crippen LogP contribution in [0.3, 0.4) is 0 Å². The van der Waals surface area contributed by atoms with Crippen LogP contribution in [0.25, 0.3) is 0 Å². The fraction of sp³-hybridized carbons (Fsp3) is 0.742. The van der Waals surface area contributed by atoms with E-state index in [0.29, 0.717) is 79.3 Å². The number of anilines is 2. The molecule has 2 aromatic rings. The average molecular weight is 1370 g/mol. The van der Waals surface area contributed by atoms with Gasteiger partial charge in [-0.1, -0.05) is 129 Å². The summed E-state index contributed by atoms with van der Waals surface area (Å²) in [5, 5.41) is 16.5. The van der Waals surface area contributed by atoms with Crippen LogP contribution in [0.4, 0.5) is 16.4 Å². The first-order valence-corrected chi connectivity index (χ1v) is 37.2. The van der Waals surface area contributed by atoms with Crippen molar-refractivity contribution in [3.63, 3.8) is 0 Å². The van der Waals surface area contributed by atoms with Crippen LogP contribution in [0.2, 0.25) is 0 Å². The molecule has 1 saturated heterocycles. The zero-order chi connectivity index (χ0) is 68.8. The van der Waals surface area contributed by atoms with E-state index >= 15 is 0 Å². The zero-order valence-electron chi connectivity index (χ0n) is 57.4. The first kappa shape index (κ1) is 77.2. The molecule has 0 radical (unpaired) electrons. The second-order valence-electron chi connectivity index (χ2n) is 26.6. The highest BCUT2D eigenvalue weighted by Crippen LogP contribution is 2.39. The minimum atomic E-state index is -3.85. The number of amides is 8. The molecule has 1 aromatic heterocycles. The maximum absolute atomic E-state index is 14.4. The first-order chi connectivity index (χ1) is 44.7. The lowest BCUT2D eigenvalue weighted by Crippen LogP contribution is -2.56. The molecule has 0 spiro atoms. The molecule has 11 atom stereocenters. The molecule has 6 rings (SSSR count). The molecule has 28 heteroatoms. The molecule has 4 bridgehead atoms. The number of hydrogen-bond donors (Lipinski definition) is 6. The van der Waals surface area contributed by atoms with Crippen LogP contribution >= 0.6 is 23.5 Å². The monoisotopic (exact) mass is 1370 g/mol. The van der Waals surface area contributed by atoms with Crippen molar-refractivity contribution in [1.82, 2.24) is 50.3 Å². The number of likely N-dealkylation sites (tertiary alicyclic amines) is 1. The highest BCUT2D eigenvalue weighted by Gasteiger charge is 2.44. The minimum Gasteiger partial charge on any atom is -0.445 e. The summed E-state index contributed by atoms with van der Waals surface area (Å²) in [5.74, 6) is -4.12. The number of nitrogens with one attached hydrogen (secondary N) is 6. The number of nitrogens with zero attached hydrogens (tertiary/aromatic N) is 6. The Morgan fingerprint density at radius 3 is 1.98 bits per heavy atom. The standard InChI is InChI=1S/C66H106N12O13S3/c1-13-42(6)57(52(89-11)37-54(80)78-34-22-25-51(78)58(90-12)43(7)59(82)71-50(35-40(2)3)61(84)75-94(87,88)49-31-32-49)76(9)55(81)38-68-62(85)56(41(4)5)77(10)66(86)91-39-45-27-29-46(30-28-45)70-60(83)44(8)69-53(79)26-20-17-21-33-67-63-72-64-74-65(73-63)93-48-24-19-16-14-15-18-23-47(36-48)92-64/h27-30,40-44,47-52,56-58H,13-26,31-39H2,1-12H3,(H,68,85)(H,69,79)(H,70,83)(H,71,82)(H,75,84)(H,67,72,73,74)/t42-,43+,44-,47?,48?,50-,51-,52+,56?,57-,58+/m0/s1. The number of methoxy groups -OCH3 is 2. The van der Waals surface area contributed by atoms with Crippen molar-refractivity contribution >= 4 is 92.6 Å². The summed E-state index contributed by atoms with van der Waals surface area (Å²) in [6.45, 7) is 14.9. The van der Waals surface area contributed by atoms with Crippen LogP contribution < -0.4 is 31.3 Å². The third-order valence-corrected chi connectivity index (χ3v) is 22.4. The van der Waals surface area contributed by atoms with Crippen molar-refractivity contribution < 1.29 is 61.0 Å². The van der Waals surface area contributed by atoms with Gasteiger partial charge in [0.1, 0.15) is 24.7 Å². The molecule has 3 fully saturated rings. The largest absolute Gasteiger partial charge is 0.445 e. The molecule has 2 saturated carbocycles. The number of sulfonamides is 1. The molecule has 1 aromatic carbocycles. The number of fused-ring (bicyclic) bond motifs is 4. The van der Waals surface area contributed by atoms with Crippen LogP contribution in [0, 0.1) is 23.7 Å². The van der Waals surface area contributed by atoms with Gasteiger partial charge in [0.15, 0.2) is 10.3 Å². The zero-order valence-corrected chi connectivity index (χ0v) is 59.8. The van der Waals surface area contributed by atoms with Crippen LogP contribution in [-0.4, -0.2) is 192 Å². The number of carbonyl (C=O) groups is 8. The van der Waals surface area contributed by atoms with E-state index in [9.17, 15) is 46.8 Å². The van der Waals surface area contributed by atoms with Gasteiger partial charge in [0.2, 0.25) is 51.4 Å². The Labute approximate surface area is 565 Å². The van der Waals surface area contributed by atoms with Gasteiger partial charge in [0.05, 0.1) is 48.4 Å². The minimum absolute atomic E-state index is 0.0498. The number of ether oxygens (including phenoxy) is 3. The van der Waals surface area contributed by atoms with Gasteiger partial charge in [-0.15, -0.1) is 0 Å². The van der Waals surface area contributed by atoms with Crippen molar-refractivity contribution in [2.45, 2.75) is 252 Å². The number of thioether (sulfide) groups is 2. The smallest absolute Gasteiger partial charge is 0.410 e. The molecule has 2 aliphatic carbocycles. The van der Waals surface area contributed by atoms with Crippen molar-refractivity contribution in [2.24, 2.45) is 23.7 Å². The third-order valence-electron chi connectivity index (χ3n) is 18.3. The van der Waals surface area contributed by atoms with Gasteiger partial charge in [0.25, 0.3) is 5.91 Å². The van der Waals surface area contributed by atoms with Crippen molar-refractivity contribution in [1.29, 1.82) is 0 Å².